The molecule has 1 fully saturated rings. The molecule has 3 aliphatic carbocycles. The fraction of sp³-hybridized carbons (Fsp3) is 0.176. The van der Waals surface area contributed by atoms with Crippen LogP contribution in [0.2, 0.25) is 0 Å². The number of amides is 3. The van der Waals surface area contributed by atoms with E-state index in [4.69, 9.17) is 4.74 Å². The lowest BCUT2D eigenvalue weighted by Crippen LogP contribution is -2.41. The number of hydrogen-bond donors (Lipinski definition) is 1. The predicted molar refractivity (Wildman–Crippen MR) is 160 cm³/mol. The molecule has 2 atom stereocenters. The second kappa shape index (κ2) is 10.1. The Hall–Kier alpha value is -4.56. The SMILES string of the molecule is Cc1cc(Br)ccc1NC(=O)COC(=O)c1ccccc1N1C(=O)[C@@H]2C3c4ccccc4C(c4ccccc43)[C@H]2C1=O. The third-order valence-electron chi connectivity index (χ3n) is 8.61. The number of imide groups is 1. The monoisotopic (exact) mass is 620 g/mol. The second-order valence-electron chi connectivity index (χ2n) is 10.9. The Kier molecular flexibility index (Phi) is 6.31. The maximum absolute atomic E-state index is 14.1. The number of aryl methyl sites for hydroxylation is 1. The molecule has 1 aliphatic heterocycles. The van der Waals surface area contributed by atoms with Crippen LogP contribution in [0.1, 0.15) is 50.0 Å². The lowest BCUT2D eigenvalue weighted by molar-refractivity contribution is -0.122. The number of benzene rings is 4. The second-order valence-corrected chi connectivity index (χ2v) is 11.8. The average molecular weight is 621 g/mol. The Balaban J connectivity index is 1.17. The topological polar surface area (TPSA) is 92.8 Å². The standard InChI is InChI=1S/C34H25BrN2O5/c1-18-16-19(35)14-15-25(18)36-27(38)17-42-34(41)24-12-6-7-13-26(24)37-32(39)30-28-20-8-2-3-9-21(20)29(31(30)33(37)40)23-11-5-4-10-22(23)28/h2-16,28-31H,17H2,1H3,(H,36,38)/t28?,29?,30-,31-/m1/s1. The van der Waals surface area contributed by atoms with E-state index < -0.39 is 30.3 Å². The fourth-order valence-electron chi connectivity index (χ4n) is 6.92. The molecular weight excluding hydrogens is 596 g/mol. The zero-order valence-corrected chi connectivity index (χ0v) is 24.1. The summed E-state index contributed by atoms with van der Waals surface area (Å²) in [7, 11) is 0. The molecule has 1 saturated heterocycles. The first-order valence-corrected chi connectivity index (χ1v) is 14.5. The Morgan fingerprint density at radius 1 is 0.786 bits per heavy atom. The molecule has 4 aliphatic rings. The highest BCUT2D eigenvalue weighted by molar-refractivity contribution is 9.10. The van der Waals surface area contributed by atoms with E-state index in [1.165, 1.54) is 6.07 Å². The van der Waals surface area contributed by atoms with E-state index in [1.54, 1.807) is 30.3 Å². The van der Waals surface area contributed by atoms with Crippen LogP contribution in [0.3, 0.4) is 0 Å². The molecule has 208 valence electrons. The molecule has 7 nitrogen and oxygen atoms in total. The van der Waals surface area contributed by atoms with Crippen LogP contribution in [0.15, 0.2) is 95.5 Å². The van der Waals surface area contributed by atoms with Gasteiger partial charge in [0.15, 0.2) is 6.61 Å². The van der Waals surface area contributed by atoms with Crippen molar-refractivity contribution in [3.05, 3.63) is 129 Å². The number of rotatable bonds is 5. The van der Waals surface area contributed by atoms with E-state index in [1.807, 2.05) is 61.5 Å². The number of nitrogens with zero attached hydrogens (tertiary/aromatic N) is 1. The minimum atomic E-state index is -0.793. The van der Waals surface area contributed by atoms with Crippen LogP contribution < -0.4 is 10.2 Å². The lowest BCUT2D eigenvalue weighted by atomic mass is 9.55. The first kappa shape index (κ1) is 26.3. The number of anilines is 2. The molecule has 8 heteroatoms. The van der Waals surface area contributed by atoms with Crippen molar-refractivity contribution in [2.75, 3.05) is 16.8 Å². The van der Waals surface area contributed by atoms with Crippen LogP contribution in [0, 0.1) is 18.8 Å². The zero-order valence-electron chi connectivity index (χ0n) is 22.5. The third kappa shape index (κ3) is 4.01. The van der Waals surface area contributed by atoms with Crippen molar-refractivity contribution in [1.82, 2.24) is 0 Å². The number of para-hydroxylation sites is 1. The van der Waals surface area contributed by atoms with Gasteiger partial charge in [0, 0.05) is 22.0 Å². The van der Waals surface area contributed by atoms with E-state index in [-0.39, 0.29) is 34.9 Å². The van der Waals surface area contributed by atoms with Gasteiger partial charge in [0.25, 0.3) is 5.91 Å². The smallest absolute Gasteiger partial charge is 0.340 e. The van der Waals surface area contributed by atoms with Gasteiger partial charge in [0.2, 0.25) is 11.8 Å². The van der Waals surface area contributed by atoms with Crippen molar-refractivity contribution in [1.29, 1.82) is 0 Å². The highest BCUT2D eigenvalue weighted by atomic mass is 79.9. The molecule has 2 bridgehead atoms. The quantitative estimate of drug-likeness (QED) is 0.220. The third-order valence-corrected chi connectivity index (χ3v) is 9.10. The predicted octanol–water partition coefficient (Wildman–Crippen LogP) is 5.95. The number of esters is 1. The molecule has 42 heavy (non-hydrogen) atoms. The normalized spacial score (nSPS) is 21.4. The molecule has 1 heterocycles. The maximum atomic E-state index is 14.1. The summed E-state index contributed by atoms with van der Waals surface area (Å²) in [5.41, 5.74) is 5.97. The van der Waals surface area contributed by atoms with Crippen molar-refractivity contribution >= 4 is 51.0 Å². The summed E-state index contributed by atoms with van der Waals surface area (Å²) in [6, 6.07) is 27.9. The number of hydrogen-bond acceptors (Lipinski definition) is 5. The molecule has 1 N–H and O–H groups in total. The molecule has 4 aromatic carbocycles. The maximum Gasteiger partial charge on any atom is 0.340 e. The van der Waals surface area contributed by atoms with Gasteiger partial charge < -0.3 is 10.1 Å². The van der Waals surface area contributed by atoms with E-state index >= 15 is 0 Å². The Bertz CT molecular complexity index is 1700. The first-order chi connectivity index (χ1) is 20.3. The number of carbonyl (C=O) groups is 4. The molecule has 0 unspecified atom stereocenters. The van der Waals surface area contributed by atoms with E-state index in [0.717, 1.165) is 37.2 Å². The minimum Gasteiger partial charge on any atom is -0.452 e. The van der Waals surface area contributed by atoms with Gasteiger partial charge in [-0.1, -0.05) is 76.6 Å². The van der Waals surface area contributed by atoms with Crippen molar-refractivity contribution < 1.29 is 23.9 Å². The Morgan fingerprint density at radius 2 is 1.31 bits per heavy atom. The number of nitrogens with one attached hydrogen (secondary N) is 1. The van der Waals surface area contributed by atoms with Crippen LogP contribution in [0.25, 0.3) is 0 Å². The summed E-state index contributed by atoms with van der Waals surface area (Å²) < 4.78 is 6.24. The summed E-state index contributed by atoms with van der Waals surface area (Å²) in [5.74, 6) is -3.60. The number of ether oxygens (including phenoxy) is 1. The van der Waals surface area contributed by atoms with Crippen LogP contribution in [-0.4, -0.2) is 30.3 Å². The van der Waals surface area contributed by atoms with Crippen molar-refractivity contribution in [3.8, 4) is 0 Å². The summed E-state index contributed by atoms with van der Waals surface area (Å²) in [6.45, 7) is 1.33. The Labute approximate surface area is 250 Å². The van der Waals surface area contributed by atoms with Crippen LogP contribution in [0.4, 0.5) is 11.4 Å². The van der Waals surface area contributed by atoms with Gasteiger partial charge in [-0.2, -0.15) is 0 Å². The van der Waals surface area contributed by atoms with Gasteiger partial charge in [-0.05, 0) is 65.1 Å². The van der Waals surface area contributed by atoms with Crippen LogP contribution in [0.5, 0.6) is 0 Å². The van der Waals surface area contributed by atoms with E-state index in [9.17, 15) is 19.2 Å². The van der Waals surface area contributed by atoms with Gasteiger partial charge in [0.05, 0.1) is 23.1 Å². The first-order valence-electron chi connectivity index (χ1n) is 13.7. The molecule has 0 spiro atoms. The number of carbonyl (C=O) groups excluding carboxylic acids is 4. The van der Waals surface area contributed by atoms with Gasteiger partial charge in [-0.3, -0.25) is 14.4 Å². The molecule has 0 aromatic heterocycles. The lowest BCUT2D eigenvalue weighted by Gasteiger charge is -2.45. The van der Waals surface area contributed by atoms with E-state index in [0.29, 0.717) is 5.69 Å². The molecule has 0 saturated carbocycles. The van der Waals surface area contributed by atoms with Gasteiger partial charge in [0.1, 0.15) is 0 Å². The Morgan fingerprint density at radius 3 is 1.86 bits per heavy atom. The highest BCUT2D eigenvalue weighted by Gasteiger charge is 2.62. The van der Waals surface area contributed by atoms with Crippen molar-refractivity contribution in [2.24, 2.45) is 11.8 Å². The molecular formula is C34H25BrN2O5. The van der Waals surface area contributed by atoms with Gasteiger partial charge in [-0.15, -0.1) is 0 Å². The van der Waals surface area contributed by atoms with Crippen LogP contribution in [-0.2, 0) is 19.1 Å². The van der Waals surface area contributed by atoms with Crippen LogP contribution >= 0.6 is 15.9 Å². The van der Waals surface area contributed by atoms with Gasteiger partial charge >= 0.3 is 5.97 Å². The summed E-state index contributed by atoms with van der Waals surface area (Å²) in [5, 5.41) is 2.74. The van der Waals surface area contributed by atoms with E-state index in [2.05, 4.69) is 21.2 Å². The largest absolute Gasteiger partial charge is 0.452 e. The zero-order chi connectivity index (χ0) is 29.1. The van der Waals surface area contributed by atoms with Crippen molar-refractivity contribution in [3.63, 3.8) is 0 Å². The molecule has 4 aromatic rings. The molecule has 0 radical (unpaired) electrons. The fourth-order valence-corrected chi connectivity index (χ4v) is 7.39. The summed E-state index contributed by atoms with van der Waals surface area (Å²) >= 11 is 3.39. The summed E-state index contributed by atoms with van der Waals surface area (Å²) in [4.78, 5) is 55.3. The highest BCUT2D eigenvalue weighted by Crippen LogP contribution is 2.61. The van der Waals surface area contributed by atoms with Crippen molar-refractivity contribution in [2.45, 2.75) is 18.8 Å². The summed E-state index contributed by atoms with van der Waals surface area (Å²) in [6.07, 6.45) is 0. The molecule has 3 amide bonds. The average Bonchev–Trinajstić information content (AvgIpc) is 3.27. The number of halogens is 1. The van der Waals surface area contributed by atoms with Gasteiger partial charge in [-0.25, -0.2) is 9.69 Å². The molecule has 8 rings (SSSR count). The minimum absolute atomic E-state index is 0.0489.